The molecule has 5 nitrogen and oxygen atoms in total. The van der Waals surface area contributed by atoms with Crippen molar-refractivity contribution >= 4 is 10.1 Å². The predicted molar refractivity (Wildman–Crippen MR) is 55.6 cm³/mol. The maximum absolute atomic E-state index is 10.9. The van der Waals surface area contributed by atoms with Gasteiger partial charge < -0.3 is 4.52 Å². The van der Waals surface area contributed by atoms with Gasteiger partial charge in [-0.15, -0.1) is 0 Å². The van der Waals surface area contributed by atoms with Crippen LogP contribution in [0.3, 0.4) is 0 Å². The fourth-order valence-corrected chi connectivity index (χ4v) is 1.90. The van der Waals surface area contributed by atoms with Crippen molar-refractivity contribution < 1.29 is 17.5 Å². The van der Waals surface area contributed by atoms with Gasteiger partial charge in [-0.3, -0.25) is 4.55 Å². The number of hydrogen-bond donors (Lipinski definition) is 1. The standard InChI is InChI=1S/C10H9NO4S/c12-16(13,14)10-3-1-2-8(7-10)6-9-4-5-11-15-9/h1-5,7H,6H2,(H,12,13,14). The first-order chi connectivity index (χ1) is 7.55. The van der Waals surface area contributed by atoms with E-state index in [9.17, 15) is 8.42 Å². The molecule has 0 saturated carbocycles. The van der Waals surface area contributed by atoms with Gasteiger partial charge in [-0.25, -0.2) is 0 Å². The number of nitrogens with zero attached hydrogens (tertiary/aromatic N) is 1. The van der Waals surface area contributed by atoms with E-state index in [1.165, 1.54) is 18.3 Å². The molecule has 6 heteroatoms. The van der Waals surface area contributed by atoms with Crippen molar-refractivity contribution in [3.05, 3.63) is 47.9 Å². The van der Waals surface area contributed by atoms with E-state index in [0.29, 0.717) is 12.2 Å². The number of benzene rings is 1. The summed E-state index contributed by atoms with van der Waals surface area (Å²) in [6, 6.07) is 7.74. The van der Waals surface area contributed by atoms with Crippen LogP contribution in [0.4, 0.5) is 0 Å². The molecule has 0 aliphatic rings. The van der Waals surface area contributed by atoms with Crippen LogP contribution in [0.15, 0.2) is 45.9 Å². The molecule has 1 aromatic carbocycles. The number of aromatic nitrogens is 1. The lowest BCUT2D eigenvalue weighted by atomic mass is 10.1. The summed E-state index contributed by atoms with van der Waals surface area (Å²) in [5, 5.41) is 3.55. The topological polar surface area (TPSA) is 80.4 Å². The number of hydrogen-bond acceptors (Lipinski definition) is 4. The molecule has 1 heterocycles. The van der Waals surface area contributed by atoms with Crippen LogP contribution in [0, 0.1) is 0 Å². The monoisotopic (exact) mass is 239 g/mol. The van der Waals surface area contributed by atoms with Gasteiger partial charge >= 0.3 is 0 Å². The van der Waals surface area contributed by atoms with Crippen molar-refractivity contribution in [3.63, 3.8) is 0 Å². The van der Waals surface area contributed by atoms with Crippen molar-refractivity contribution in [2.45, 2.75) is 11.3 Å². The molecule has 0 fully saturated rings. The zero-order valence-electron chi connectivity index (χ0n) is 8.20. The Morgan fingerprint density at radius 1 is 1.31 bits per heavy atom. The minimum atomic E-state index is -4.15. The molecule has 1 aromatic heterocycles. The zero-order valence-corrected chi connectivity index (χ0v) is 9.02. The third-order valence-electron chi connectivity index (χ3n) is 2.07. The van der Waals surface area contributed by atoms with Crippen molar-refractivity contribution in [2.24, 2.45) is 0 Å². The first-order valence-electron chi connectivity index (χ1n) is 4.52. The molecule has 0 radical (unpaired) electrons. The SMILES string of the molecule is O=S(=O)(O)c1cccc(Cc2ccno2)c1. The molecule has 2 aromatic rings. The Labute approximate surface area is 92.4 Å². The molecular weight excluding hydrogens is 230 g/mol. The van der Waals surface area contributed by atoms with Gasteiger partial charge in [0.1, 0.15) is 5.76 Å². The first-order valence-corrected chi connectivity index (χ1v) is 5.96. The van der Waals surface area contributed by atoms with E-state index in [0.717, 1.165) is 5.56 Å². The van der Waals surface area contributed by atoms with Crippen LogP contribution in [0.1, 0.15) is 11.3 Å². The Balaban J connectivity index is 2.30. The fourth-order valence-electron chi connectivity index (χ4n) is 1.35. The molecular formula is C10H9NO4S. The van der Waals surface area contributed by atoms with Crippen molar-refractivity contribution in [2.75, 3.05) is 0 Å². The highest BCUT2D eigenvalue weighted by Crippen LogP contribution is 2.14. The zero-order chi connectivity index (χ0) is 11.6. The van der Waals surface area contributed by atoms with Gasteiger partial charge in [0.15, 0.2) is 0 Å². The van der Waals surface area contributed by atoms with E-state index in [-0.39, 0.29) is 4.90 Å². The molecule has 84 valence electrons. The van der Waals surface area contributed by atoms with Crippen LogP contribution in [0.25, 0.3) is 0 Å². The summed E-state index contributed by atoms with van der Waals surface area (Å²) < 4.78 is 35.6. The molecule has 16 heavy (non-hydrogen) atoms. The molecule has 0 bridgehead atoms. The minimum Gasteiger partial charge on any atom is -0.361 e. The van der Waals surface area contributed by atoms with Gasteiger partial charge in [0.2, 0.25) is 0 Å². The van der Waals surface area contributed by atoms with Gasteiger partial charge in [0.05, 0.1) is 11.1 Å². The van der Waals surface area contributed by atoms with E-state index in [1.807, 2.05) is 0 Å². The maximum atomic E-state index is 10.9. The quantitative estimate of drug-likeness (QED) is 0.821. The summed E-state index contributed by atoms with van der Waals surface area (Å²) in [5.74, 6) is 0.632. The molecule has 0 amide bonds. The van der Waals surface area contributed by atoms with Crippen molar-refractivity contribution in [1.82, 2.24) is 5.16 Å². The van der Waals surface area contributed by atoms with Crippen LogP contribution in [-0.4, -0.2) is 18.1 Å². The second-order valence-corrected chi connectivity index (χ2v) is 4.70. The highest BCUT2D eigenvalue weighted by Gasteiger charge is 2.10. The summed E-state index contributed by atoms with van der Waals surface area (Å²) in [7, 11) is -4.15. The van der Waals surface area contributed by atoms with Crippen LogP contribution in [0.5, 0.6) is 0 Å². The normalized spacial score (nSPS) is 11.6. The number of rotatable bonds is 3. The van der Waals surface area contributed by atoms with Crippen molar-refractivity contribution in [3.8, 4) is 0 Å². The lowest BCUT2D eigenvalue weighted by Gasteiger charge is -2.00. The third-order valence-corrected chi connectivity index (χ3v) is 2.92. The fraction of sp³-hybridized carbons (Fsp3) is 0.100. The summed E-state index contributed by atoms with van der Waals surface area (Å²) in [6.07, 6.45) is 1.95. The second-order valence-electron chi connectivity index (χ2n) is 3.28. The van der Waals surface area contributed by atoms with Crippen LogP contribution in [0.2, 0.25) is 0 Å². The van der Waals surface area contributed by atoms with Gasteiger partial charge in [0.25, 0.3) is 10.1 Å². The van der Waals surface area contributed by atoms with E-state index < -0.39 is 10.1 Å². The summed E-state index contributed by atoms with van der Waals surface area (Å²) in [6.45, 7) is 0. The Morgan fingerprint density at radius 2 is 2.12 bits per heavy atom. The summed E-state index contributed by atoms with van der Waals surface area (Å²) in [4.78, 5) is -0.121. The summed E-state index contributed by atoms with van der Waals surface area (Å²) >= 11 is 0. The molecule has 2 rings (SSSR count). The lowest BCUT2D eigenvalue weighted by Crippen LogP contribution is -1.99. The largest absolute Gasteiger partial charge is 0.361 e. The Bertz CT molecular complexity index is 575. The summed E-state index contributed by atoms with van der Waals surface area (Å²) in [5.41, 5.74) is 0.729. The van der Waals surface area contributed by atoms with Crippen LogP contribution < -0.4 is 0 Å². The first kappa shape index (κ1) is 10.8. The minimum absolute atomic E-state index is 0.121. The van der Waals surface area contributed by atoms with Gasteiger partial charge in [-0.1, -0.05) is 17.3 Å². The molecule has 1 N–H and O–H groups in total. The van der Waals surface area contributed by atoms with Gasteiger partial charge in [-0.2, -0.15) is 8.42 Å². The maximum Gasteiger partial charge on any atom is 0.294 e. The highest BCUT2D eigenvalue weighted by atomic mass is 32.2. The molecule has 0 spiro atoms. The predicted octanol–water partition coefficient (Wildman–Crippen LogP) is 1.51. The van der Waals surface area contributed by atoms with Crippen LogP contribution in [-0.2, 0) is 16.5 Å². The smallest absolute Gasteiger partial charge is 0.294 e. The second kappa shape index (κ2) is 4.07. The third kappa shape index (κ3) is 2.47. The van der Waals surface area contributed by atoms with E-state index in [2.05, 4.69) is 5.16 Å². The Morgan fingerprint density at radius 3 is 2.75 bits per heavy atom. The van der Waals surface area contributed by atoms with Gasteiger partial charge in [0, 0.05) is 12.5 Å². The van der Waals surface area contributed by atoms with Crippen LogP contribution >= 0.6 is 0 Å². The Hall–Kier alpha value is -1.66. The van der Waals surface area contributed by atoms with Gasteiger partial charge in [-0.05, 0) is 17.7 Å². The molecule has 0 aliphatic carbocycles. The molecule has 0 unspecified atom stereocenters. The molecule has 0 aliphatic heterocycles. The van der Waals surface area contributed by atoms with E-state index in [4.69, 9.17) is 9.08 Å². The van der Waals surface area contributed by atoms with E-state index >= 15 is 0 Å². The lowest BCUT2D eigenvalue weighted by molar-refractivity contribution is 0.389. The average molecular weight is 239 g/mol. The van der Waals surface area contributed by atoms with Crippen molar-refractivity contribution in [1.29, 1.82) is 0 Å². The highest BCUT2D eigenvalue weighted by molar-refractivity contribution is 7.85. The molecule has 0 saturated heterocycles. The molecule has 0 atom stereocenters. The van der Waals surface area contributed by atoms with E-state index in [1.54, 1.807) is 18.2 Å². The average Bonchev–Trinajstić information content (AvgIpc) is 2.70. The Kier molecular flexibility index (Phi) is 2.76.